The number of aryl methyl sites for hydroxylation is 1. The molecule has 3 heterocycles. The van der Waals surface area contributed by atoms with E-state index in [4.69, 9.17) is 18.9 Å². The predicted molar refractivity (Wildman–Crippen MR) is 123 cm³/mol. The summed E-state index contributed by atoms with van der Waals surface area (Å²) in [6, 6.07) is 6.75. The molecule has 1 aromatic carbocycles. The van der Waals surface area contributed by atoms with Gasteiger partial charge in [0.25, 0.3) is 0 Å². The van der Waals surface area contributed by atoms with Crippen LogP contribution in [-0.4, -0.2) is 35.0 Å². The maximum Gasteiger partial charge on any atom is 0.411 e. The van der Waals surface area contributed by atoms with Crippen LogP contribution in [0.15, 0.2) is 38.6 Å². The Morgan fingerprint density at radius 3 is 2.94 bits per heavy atom. The SMILES string of the molecule is CCOC(=O)Nc1ccc2c(CSc3nc(C)c(C)n3CC3CCCO3)cc(=O)oc2c1. The van der Waals surface area contributed by atoms with Crippen molar-refractivity contribution in [3.8, 4) is 0 Å². The number of ether oxygens (including phenoxy) is 2. The van der Waals surface area contributed by atoms with Crippen LogP contribution in [0.25, 0.3) is 11.0 Å². The summed E-state index contributed by atoms with van der Waals surface area (Å²) in [7, 11) is 0. The molecule has 1 aliphatic heterocycles. The molecule has 170 valence electrons. The fraction of sp³-hybridized carbons (Fsp3) is 0.435. The van der Waals surface area contributed by atoms with E-state index in [1.807, 2.05) is 13.0 Å². The Kier molecular flexibility index (Phi) is 6.86. The van der Waals surface area contributed by atoms with E-state index < -0.39 is 11.7 Å². The van der Waals surface area contributed by atoms with Gasteiger partial charge in [-0.05, 0) is 51.3 Å². The first-order valence-electron chi connectivity index (χ1n) is 10.7. The normalized spacial score (nSPS) is 15.9. The van der Waals surface area contributed by atoms with Gasteiger partial charge < -0.3 is 18.5 Å². The Bertz CT molecular complexity index is 1180. The van der Waals surface area contributed by atoms with Crippen molar-refractivity contribution < 1.29 is 18.7 Å². The topological polar surface area (TPSA) is 95.6 Å². The minimum absolute atomic E-state index is 0.219. The minimum Gasteiger partial charge on any atom is -0.450 e. The van der Waals surface area contributed by atoms with Crippen LogP contribution in [0.1, 0.15) is 36.7 Å². The highest BCUT2D eigenvalue weighted by Gasteiger charge is 2.20. The maximum absolute atomic E-state index is 12.2. The molecule has 4 rings (SSSR count). The minimum atomic E-state index is -0.551. The molecule has 1 unspecified atom stereocenters. The molecule has 3 aromatic rings. The van der Waals surface area contributed by atoms with Crippen molar-refractivity contribution in [1.82, 2.24) is 9.55 Å². The second-order valence-corrected chi connectivity index (χ2v) is 8.69. The number of nitrogens with zero attached hydrogens (tertiary/aromatic N) is 2. The Morgan fingerprint density at radius 2 is 2.19 bits per heavy atom. The molecule has 9 heteroatoms. The van der Waals surface area contributed by atoms with E-state index in [1.54, 1.807) is 30.8 Å². The second-order valence-electron chi connectivity index (χ2n) is 7.75. The van der Waals surface area contributed by atoms with Crippen molar-refractivity contribution in [3.05, 3.63) is 51.6 Å². The van der Waals surface area contributed by atoms with E-state index in [0.717, 1.165) is 53.5 Å². The molecule has 1 saturated heterocycles. The third-order valence-electron chi connectivity index (χ3n) is 5.54. The number of fused-ring (bicyclic) bond motifs is 1. The molecule has 1 fully saturated rings. The summed E-state index contributed by atoms with van der Waals surface area (Å²) < 4.78 is 18.3. The summed E-state index contributed by atoms with van der Waals surface area (Å²) in [4.78, 5) is 28.6. The number of hydrogen-bond donors (Lipinski definition) is 1. The molecular formula is C23H27N3O5S. The molecule has 1 N–H and O–H groups in total. The van der Waals surface area contributed by atoms with Gasteiger partial charge in [-0.1, -0.05) is 11.8 Å². The van der Waals surface area contributed by atoms with E-state index in [2.05, 4.69) is 16.8 Å². The number of carbonyl (C=O) groups is 1. The zero-order valence-electron chi connectivity index (χ0n) is 18.5. The summed E-state index contributed by atoms with van der Waals surface area (Å²) in [6.45, 7) is 7.70. The van der Waals surface area contributed by atoms with Crippen molar-refractivity contribution in [3.63, 3.8) is 0 Å². The number of anilines is 1. The molecule has 1 amide bonds. The number of carbonyl (C=O) groups excluding carboxylic acids is 1. The summed E-state index contributed by atoms with van der Waals surface area (Å²) in [5.41, 5.74) is 3.47. The zero-order valence-corrected chi connectivity index (χ0v) is 19.3. The number of nitrogens with one attached hydrogen (secondary N) is 1. The number of thioether (sulfide) groups is 1. The molecule has 8 nitrogen and oxygen atoms in total. The highest BCUT2D eigenvalue weighted by atomic mass is 32.2. The molecular weight excluding hydrogens is 430 g/mol. The fourth-order valence-electron chi connectivity index (χ4n) is 3.80. The lowest BCUT2D eigenvalue weighted by Crippen LogP contribution is -2.16. The number of imidazole rings is 1. The van der Waals surface area contributed by atoms with Gasteiger partial charge in [0.1, 0.15) is 5.58 Å². The molecule has 0 aliphatic carbocycles. The molecule has 0 bridgehead atoms. The average Bonchev–Trinajstić information content (AvgIpc) is 3.36. The Labute approximate surface area is 190 Å². The van der Waals surface area contributed by atoms with Crippen LogP contribution in [-0.2, 0) is 21.8 Å². The van der Waals surface area contributed by atoms with Gasteiger partial charge >= 0.3 is 11.7 Å². The summed E-state index contributed by atoms with van der Waals surface area (Å²) in [5.74, 6) is 0.564. The first kappa shape index (κ1) is 22.4. The number of aromatic nitrogens is 2. The van der Waals surface area contributed by atoms with Crippen LogP contribution in [0.5, 0.6) is 0 Å². The van der Waals surface area contributed by atoms with Crippen molar-refractivity contribution >= 4 is 34.5 Å². The van der Waals surface area contributed by atoms with Crippen LogP contribution in [0.2, 0.25) is 0 Å². The molecule has 0 radical (unpaired) electrons. The van der Waals surface area contributed by atoms with Crippen molar-refractivity contribution in [2.45, 2.75) is 57.2 Å². The number of benzene rings is 1. The number of hydrogen-bond acceptors (Lipinski definition) is 7. The van der Waals surface area contributed by atoms with Gasteiger partial charge in [0.2, 0.25) is 0 Å². The first-order valence-corrected chi connectivity index (χ1v) is 11.7. The van der Waals surface area contributed by atoms with Gasteiger partial charge in [-0.25, -0.2) is 14.6 Å². The van der Waals surface area contributed by atoms with Crippen molar-refractivity contribution in [2.24, 2.45) is 0 Å². The molecule has 0 spiro atoms. The molecule has 32 heavy (non-hydrogen) atoms. The number of amides is 1. The van der Waals surface area contributed by atoms with Crippen LogP contribution in [0.4, 0.5) is 10.5 Å². The quantitative estimate of drug-likeness (QED) is 0.408. The van der Waals surface area contributed by atoms with Crippen molar-refractivity contribution in [1.29, 1.82) is 0 Å². The Morgan fingerprint density at radius 1 is 1.34 bits per heavy atom. The van der Waals surface area contributed by atoms with E-state index >= 15 is 0 Å². The van der Waals surface area contributed by atoms with Gasteiger partial charge in [-0.15, -0.1) is 0 Å². The predicted octanol–water partition coefficient (Wildman–Crippen LogP) is 4.65. The lowest BCUT2D eigenvalue weighted by molar-refractivity contribution is 0.0945. The van der Waals surface area contributed by atoms with Gasteiger partial charge in [0.15, 0.2) is 5.16 Å². The highest BCUT2D eigenvalue weighted by Crippen LogP contribution is 2.30. The highest BCUT2D eigenvalue weighted by molar-refractivity contribution is 7.98. The van der Waals surface area contributed by atoms with E-state index in [1.165, 1.54) is 6.07 Å². The standard InChI is InChI=1S/C23H27N3O5S/c1-4-29-23(28)25-17-7-8-19-16(10-21(27)31-20(19)11-17)13-32-22-24-14(2)15(3)26(22)12-18-6-5-9-30-18/h7-8,10-11,18H,4-6,9,12-13H2,1-3H3,(H,25,28). The van der Waals surface area contributed by atoms with Crippen LogP contribution < -0.4 is 10.9 Å². The largest absolute Gasteiger partial charge is 0.450 e. The van der Waals surface area contributed by atoms with Crippen LogP contribution in [0, 0.1) is 13.8 Å². The summed E-state index contributed by atoms with van der Waals surface area (Å²) in [5, 5.41) is 4.36. The third kappa shape index (κ3) is 4.99. The second kappa shape index (κ2) is 9.79. The van der Waals surface area contributed by atoms with Crippen LogP contribution in [0.3, 0.4) is 0 Å². The summed E-state index contributed by atoms with van der Waals surface area (Å²) >= 11 is 1.59. The lowest BCUT2D eigenvalue weighted by atomic mass is 10.1. The molecule has 1 atom stereocenters. The van der Waals surface area contributed by atoms with E-state index in [-0.39, 0.29) is 12.7 Å². The van der Waals surface area contributed by atoms with Gasteiger partial charge in [0.05, 0.1) is 24.9 Å². The first-order chi connectivity index (χ1) is 15.4. The lowest BCUT2D eigenvalue weighted by Gasteiger charge is -2.15. The summed E-state index contributed by atoms with van der Waals surface area (Å²) in [6.07, 6.45) is 1.83. The van der Waals surface area contributed by atoms with Gasteiger partial charge in [-0.3, -0.25) is 5.32 Å². The number of rotatable bonds is 7. The van der Waals surface area contributed by atoms with Gasteiger partial charge in [0, 0.05) is 41.3 Å². The zero-order chi connectivity index (χ0) is 22.7. The Hall–Kier alpha value is -2.78. The third-order valence-corrected chi connectivity index (χ3v) is 6.57. The maximum atomic E-state index is 12.2. The smallest absolute Gasteiger partial charge is 0.411 e. The molecule has 0 saturated carbocycles. The Balaban J connectivity index is 1.56. The van der Waals surface area contributed by atoms with Crippen LogP contribution >= 0.6 is 11.8 Å². The van der Waals surface area contributed by atoms with E-state index in [9.17, 15) is 9.59 Å². The van der Waals surface area contributed by atoms with Gasteiger partial charge in [-0.2, -0.15) is 0 Å². The molecule has 1 aliphatic rings. The molecule has 2 aromatic heterocycles. The van der Waals surface area contributed by atoms with Crippen molar-refractivity contribution in [2.75, 3.05) is 18.5 Å². The fourth-order valence-corrected chi connectivity index (χ4v) is 4.89. The van der Waals surface area contributed by atoms with E-state index in [0.29, 0.717) is 17.0 Å². The average molecular weight is 458 g/mol. The monoisotopic (exact) mass is 457 g/mol.